The van der Waals surface area contributed by atoms with Gasteiger partial charge in [-0.25, -0.2) is 9.59 Å². The molecule has 1 aliphatic heterocycles. The number of ether oxygens (including phenoxy) is 2. The van der Waals surface area contributed by atoms with Gasteiger partial charge in [0.25, 0.3) is 0 Å². The maximum absolute atomic E-state index is 12.2. The van der Waals surface area contributed by atoms with Gasteiger partial charge in [0.05, 0.1) is 12.7 Å². The summed E-state index contributed by atoms with van der Waals surface area (Å²) in [5.74, 6) is -0.332. The maximum atomic E-state index is 12.2. The van der Waals surface area contributed by atoms with Crippen molar-refractivity contribution in [1.29, 1.82) is 0 Å². The Kier molecular flexibility index (Phi) is 6.23. The predicted octanol–water partition coefficient (Wildman–Crippen LogP) is 4.28. The van der Waals surface area contributed by atoms with Crippen LogP contribution < -0.4 is 0 Å². The van der Waals surface area contributed by atoms with E-state index in [1.54, 1.807) is 17.0 Å². The normalized spacial score (nSPS) is 17.1. The molecule has 0 spiro atoms. The summed E-state index contributed by atoms with van der Waals surface area (Å²) in [6.07, 6.45) is 4.61. The van der Waals surface area contributed by atoms with Crippen molar-refractivity contribution in [2.75, 3.05) is 20.2 Å². The molecule has 1 heterocycles. The Morgan fingerprint density at radius 1 is 1.08 bits per heavy atom. The molecule has 0 bridgehead atoms. The molecule has 0 aromatic heterocycles. The van der Waals surface area contributed by atoms with Crippen molar-refractivity contribution < 1.29 is 19.1 Å². The van der Waals surface area contributed by atoms with E-state index in [-0.39, 0.29) is 12.1 Å². The fourth-order valence-corrected chi connectivity index (χ4v) is 2.73. The highest BCUT2D eigenvalue weighted by molar-refractivity contribution is 5.89. The third kappa shape index (κ3) is 5.93. The van der Waals surface area contributed by atoms with E-state index in [1.165, 1.54) is 12.7 Å². The van der Waals surface area contributed by atoms with Gasteiger partial charge in [0.2, 0.25) is 0 Å². The zero-order valence-electron chi connectivity index (χ0n) is 15.5. The van der Waals surface area contributed by atoms with Gasteiger partial charge < -0.3 is 14.4 Å². The highest BCUT2D eigenvalue weighted by Crippen LogP contribution is 2.21. The van der Waals surface area contributed by atoms with Crippen LogP contribution in [0.2, 0.25) is 0 Å². The molecule has 1 aliphatic rings. The Hall–Kier alpha value is -2.30. The van der Waals surface area contributed by atoms with Crippen LogP contribution in [0, 0.1) is 0 Å². The molecule has 1 aromatic rings. The summed E-state index contributed by atoms with van der Waals surface area (Å²) in [6, 6.07) is 7.36. The average Bonchev–Trinajstić information content (AvgIpc) is 2.79. The molecule has 0 aliphatic carbocycles. The van der Waals surface area contributed by atoms with Crippen LogP contribution in [-0.4, -0.2) is 42.8 Å². The van der Waals surface area contributed by atoms with E-state index in [9.17, 15) is 9.59 Å². The third-order valence-electron chi connectivity index (χ3n) is 3.98. The van der Waals surface area contributed by atoms with Crippen LogP contribution in [-0.2, 0) is 9.47 Å². The molecule has 0 saturated carbocycles. The number of hydrogen-bond donors (Lipinski definition) is 0. The van der Waals surface area contributed by atoms with E-state index in [4.69, 9.17) is 9.47 Å². The Labute approximate surface area is 149 Å². The van der Waals surface area contributed by atoms with Crippen molar-refractivity contribution in [1.82, 2.24) is 4.90 Å². The van der Waals surface area contributed by atoms with Gasteiger partial charge in [-0.3, -0.25) is 0 Å². The third-order valence-corrected chi connectivity index (χ3v) is 3.98. The number of nitrogens with zero attached hydrogens (tertiary/aromatic N) is 1. The molecule has 0 radical (unpaired) electrons. The zero-order valence-corrected chi connectivity index (χ0v) is 15.5. The highest BCUT2D eigenvalue weighted by atomic mass is 16.6. The van der Waals surface area contributed by atoms with Crippen molar-refractivity contribution in [3.63, 3.8) is 0 Å². The summed E-state index contributed by atoms with van der Waals surface area (Å²) in [5, 5.41) is 0. The van der Waals surface area contributed by atoms with Gasteiger partial charge >= 0.3 is 12.1 Å². The second kappa shape index (κ2) is 8.19. The minimum Gasteiger partial charge on any atom is -0.465 e. The van der Waals surface area contributed by atoms with Crippen LogP contribution in [0.4, 0.5) is 4.79 Å². The molecule has 0 atom stereocenters. The van der Waals surface area contributed by atoms with Gasteiger partial charge in [-0.05, 0) is 57.7 Å². The van der Waals surface area contributed by atoms with Crippen LogP contribution in [0.3, 0.4) is 0 Å². The number of carbonyl (C=O) groups is 2. The van der Waals surface area contributed by atoms with Crippen LogP contribution in [0.1, 0.15) is 56.0 Å². The van der Waals surface area contributed by atoms with Crippen LogP contribution in [0.5, 0.6) is 0 Å². The standard InChI is InChI=1S/C20H27NO4/c1-20(2,3)25-19(23)21-12-5-6-15(11-13-21)14-16-7-9-17(10-8-16)18(22)24-4/h7-10,14H,5-6,11-13H2,1-4H3/b15-14+. The summed E-state index contributed by atoms with van der Waals surface area (Å²) >= 11 is 0. The summed E-state index contributed by atoms with van der Waals surface area (Å²) in [5.41, 5.74) is 2.43. The van der Waals surface area contributed by atoms with Crippen molar-refractivity contribution in [3.8, 4) is 0 Å². The van der Waals surface area contributed by atoms with Crippen molar-refractivity contribution in [2.24, 2.45) is 0 Å². The quantitative estimate of drug-likeness (QED) is 0.751. The zero-order chi connectivity index (χ0) is 18.4. The number of benzene rings is 1. The van der Waals surface area contributed by atoms with Gasteiger partial charge in [0, 0.05) is 13.1 Å². The fourth-order valence-electron chi connectivity index (χ4n) is 2.73. The topological polar surface area (TPSA) is 55.8 Å². The number of hydrogen-bond acceptors (Lipinski definition) is 4. The number of amides is 1. The molecule has 5 nitrogen and oxygen atoms in total. The van der Waals surface area contributed by atoms with Gasteiger partial charge in [0.1, 0.15) is 5.60 Å². The largest absolute Gasteiger partial charge is 0.465 e. The smallest absolute Gasteiger partial charge is 0.410 e. The lowest BCUT2D eigenvalue weighted by molar-refractivity contribution is 0.0258. The predicted molar refractivity (Wildman–Crippen MR) is 97.4 cm³/mol. The molecular formula is C20H27NO4. The maximum Gasteiger partial charge on any atom is 0.410 e. The Bertz CT molecular complexity index is 641. The molecule has 2 rings (SSSR count). The summed E-state index contributed by atoms with van der Waals surface area (Å²) in [7, 11) is 1.38. The van der Waals surface area contributed by atoms with E-state index in [0.29, 0.717) is 18.7 Å². The van der Waals surface area contributed by atoms with Gasteiger partial charge in [-0.1, -0.05) is 23.8 Å². The second-order valence-electron chi connectivity index (χ2n) is 7.24. The van der Waals surface area contributed by atoms with E-state index >= 15 is 0 Å². The molecule has 1 amide bonds. The Morgan fingerprint density at radius 3 is 2.36 bits per heavy atom. The van der Waals surface area contributed by atoms with E-state index in [1.807, 2.05) is 32.9 Å². The molecule has 25 heavy (non-hydrogen) atoms. The first-order valence-electron chi connectivity index (χ1n) is 8.64. The molecule has 0 N–H and O–H groups in total. The second-order valence-corrected chi connectivity index (χ2v) is 7.24. The number of likely N-dealkylation sites (tertiary alicyclic amines) is 1. The first-order valence-corrected chi connectivity index (χ1v) is 8.64. The van der Waals surface area contributed by atoms with Crippen LogP contribution in [0.25, 0.3) is 6.08 Å². The monoisotopic (exact) mass is 345 g/mol. The molecule has 0 unspecified atom stereocenters. The highest BCUT2D eigenvalue weighted by Gasteiger charge is 2.23. The number of methoxy groups -OCH3 is 1. The average molecular weight is 345 g/mol. The molecule has 136 valence electrons. The molecule has 1 aromatic carbocycles. The van der Waals surface area contributed by atoms with Crippen molar-refractivity contribution in [2.45, 2.75) is 45.6 Å². The Morgan fingerprint density at radius 2 is 1.76 bits per heavy atom. The minimum atomic E-state index is -0.469. The van der Waals surface area contributed by atoms with Crippen molar-refractivity contribution in [3.05, 3.63) is 41.0 Å². The van der Waals surface area contributed by atoms with E-state index in [0.717, 1.165) is 24.8 Å². The SMILES string of the molecule is COC(=O)c1ccc(/C=C2\CCCN(C(=O)OC(C)(C)C)CC2)cc1. The molecular weight excluding hydrogens is 318 g/mol. The lowest BCUT2D eigenvalue weighted by atomic mass is 10.0. The van der Waals surface area contributed by atoms with E-state index in [2.05, 4.69) is 6.08 Å². The Balaban J connectivity index is 1.99. The van der Waals surface area contributed by atoms with Gasteiger partial charge in [-0.2, -0.15) is 0 Å². The number of carbonyl (C=O) groups excluding carboxylic acids is 2. The molecule has 1 fully saturated rings. The minimum absolute atomic E-state index is 0.240. The van der Waals surface area contributed by atoms with E-state index < -0.39 is 5.60 Å². The number of esters is 1. The van der Waals surface area contributed by atoms with Crippen molar-refractivity contribution >= 4 is 18.1 Å². The molecule has 1 saturated heterocycles. The number of rotatable bonds is 2. The first-order chi connectivity index (χ1) is 11.8. The fraction of sp³-hybridized carbons (Fsp3) is 0.500. The van der Waals surface area contributed by atoms with Crippen LogP contribution >= 0.6 is 0 Å². The summed E-state index contributed by atoms with van der Waals surface area (Å²) < 4.78 is 10.2. The first kappa shape index (κ1) is 19.0. The van der Waals surface area contributed by atoms with Gasteiger partial charge in [0.15, 0.2) is 0 Å². The lowest BCUT2D eigenvalue weighted by Crippen LogP contribution is -2.37. The summed E-state index contributed by atoms with van der Waals surface area (Å²) in [6.45, 7) is 7.03. The summed E-state index contributed by atoms with van der Waals surface area (Å²) in [4.78, 5) is 25.5. The van der Waals surface area contributed by atoms with Gasteiger partial charge in [-0.15, -0.1) is 0 Å². The molecule has 5 heteroatoms. The lowest BCUT2D eigenvalue weighted by Gasteiger charge is -2.26. The van der Waals surface area contributed by atoms with Crippen LogP contribution in [0.15, 0.2) is 29.8 Å².